The largest absolute Gasteiger partial charge is 0.372 e. The van der Waals surface area contributed by atoms with Crippen molar-refractivity contribution in [2.45, 2.75) is 34.1 Å². The van der Waals surface area contributed by atoms with Crippen molar-refractivity contribution in [2.75, 3.05) is 23.3 Å². The molecule has 0 radical (unpaired) electrons. The summed E-state index contributed by atoms with van der Waals surface area (Å²) in [5.41, 5.74) is 2.07. The Morgan fingerprint density at radius 1 is 1.17 bits per heavy atom. The van der Waals surface area contributed by atoms with Crippen LogP contribution >= 0.6 is 0 Å². The average Bonchev–Trinajstić information content (AvgIpc) is 2.31. The number of hydrogen-bond acceptors (Lipinski definition) is 2. The van der Waals surface area contributed by atoms with E-state index in [4.69, 9.17) is 0 Å². The van der Waals surface area contributed by atoms with Crippen LogP contribution in [0.15, 0.2) is 24.3 Å². The lowest BCUT2D eigenvalue weighted by atomic mass is 10.1. The zero-order chi connectivity index (χ0) is 13.5. The van der Waals surface area contributed by atoms with Crippen molar-refractivity contribution in [1.29, 1.82) is 0 Å². The lowest BCUT2D eigenvalue weighted by Crippen LogP contribution is -2.21. The van der Waals surface area contributed by atoms with Crippen molar-refractivity contribution >= 4 is 17.3 Å². The monoisotopic (exact) mass is 248 g/mol. The fraction of sp³-hybridized carbons (Fsp3) is 0.533. The molecular formula is C15H24N2O. The van der Waals surface area contributed by atoms with E-state index in [0.29, 0.717) is 12.3 Å². The summed E-state index contributed by atoms with van der Waals surface area (Å²) in [6.07, 6.45) is 0.567. The molecule has 0 aromatic heterocycles. The minimum Gasteiger partial charge on any atom is -0.372 e. The molecule has 0 heterocycles. The van der Waals surface area contributed by atoms with E-state index in [1.54, 1.807) is 0 Å². The molecule has 0 unspecified atom stereocenters. The van der Waals surface area contributed by atoms with E-state index in [0.717, 1.165) is 18.8 Å². The zero-order valence-corrected chi connectivity index (χ0v) is 11.9. The molecule has 0 saturated heterocycles. The molecule has 1 aromatic carbocycles. The Hall–Kier alpha value is -1.51. The minimum absolute atomic E-state index is 0.0839. The van der Waals surface area contributed by atoms with Crippen molar-refractivity contribution in [1.82, 2.24) is 0 Å². The van der Waals surface area contributed by atoms with Gasteiger partial charge < -0.3 is 10.2 Å². The Morgan fingerprint density at radius 3 is 2.17 bits per heavy atom. The van der Waals surface area contributed by atoms with Gasteiger partial charge in [-0.1, -0.05) is 13.8 Å². The van der Waals surface area contributed by atoms with Crippen LogP contribution in [0.3, 0.4) is 0 Å². The van der Waals surface area contributed by atoms with Gasteiger partial charge in [-0.05, 0) is 44.0 Å². The van der Waals surface area contributed by atoms with Crippen LogP contribution in [-0.4, -0.2) is 19.0 Å². The zero-order valence-electron chi connectivity index (χ0n) is 11.9. The second-order valence-corrected chi connectivity index (χ2v) is 4.87. The number of hydrogen-bond donors (Lipinski definition) is 1. The molecule has 0 saturated carbocycles. The third-order valence-electron chi connectivity index (χ3n) is 2.87. The molecule has 0 aliphatic heterocycles. The Kier molecular flexibility index (Phi) is 5.69. The van der Waals surface area contributed by atoms with E-state index < -0.39 is 0 Å². The molecule has 18 heavy (non-hydrogen) atoms. The summed E-state index contributed by atoms with van der Waals surface area (Å²) < 4.78 is 0. The van der Waals surface area contributed by atoms with Gasteiger partial charge in [0, 0.05) is 30.9 Å². The Morgan fingerprint density at radius 2 is 1.72 bits per heavy atom. The van der Waals surface area contributed by atoms with Gasteiger partial charge in [0.1, 0.15) is 0 Å². The van der Waals surface area contributed by atoms with Crippen LogP contribution in [0, 0.1) is 5.92 Å². The number of benzene rings is 1. The highest BCUT2D eigenvalue weighted by Crippen LogP contribution is 2.18. The summed E-state index contributed by atoms with van der Waals surface area (Å²) in [7, 11) is 0. The summed E-state index contributed by atoms with van der Waals surface area (Å²) in [6.45, 7) is 10.4. The summed E-state index contributed by atoms with van der Waals surface area (Å²) in [5, 5.41) is 2.92. The van der Waals surface area contributed by atoms with Gasteiger partial charge in [0.25, 0.3) is 0 Å². The number of nitrogens with zero attached hydrogens (tertiary/aromatic N) is 1. The van der Waals surface area contributed by atoms with E-state index in [2.05, 4.69) is 36.2 Å². The lowest BCUT2D eigenvalue weighted by molar-refractivity contribution is -0.116. The summed E-state index contributed by atoms with van der Waals surface area (Å²) >= 11 is 0. The highest BCUT2D eigenvalue weighted by molar-refractivity contribution is 5.90. The van der Waals surface area contributed by atoms with Crippen molar-refractivity contribution < 1.29 is 4.79 Å². The maximum Gasteiger partial charge on any atom is 0.224 e. The second-order valence-electron chi connectivity index (χ2n) is 4.87. The highest BCUT2D eigenvalue weighted by atomic mass is 16.1. The van der Waals surface area contributed by atoms with Gasteiger partial charge in [-0.15, -0.1) is 0 Å². The number of rotatable bonds is 6. The molecule has 1 aromatic rings. The van der Waals surface area contributed by atoms with Crippen molar-refractivity contribution in [2.24, 2.45) is 5.92 Å². The van der Waals surface area contributed by atoms with E-state index in [-0.39, 0.29) is 5.91 Å². The fourth-order valence-electron chi connectivity index (χ4n) is 1.93. The Labute approximate surface area is 110 Å². The summed E-state index contributed by atoms with van der Waals surface area (Å²) in [4.78, 5) is 13.9. The molecule has 100 valence electrons. The van der Waals surface area contributed by atoms with Gasteiger partial charge in [0.05, 0.1) is 0 Å². The van der Waals surface area contributed by atoms with Gasteiger partial charge in [0.15, 0.2) is 0 Å². The average molecular weight is 248 g/mol. The van der Waals surface area contributed by atoms with Crippen LogP contribution in [0.1, 0.15) is 34.1 Å². The van der Waals surface area contributed by atoms with Gasteiger partial charge in [-0.2, -0.15) is 0 Å². The molecule has 0 spiro atoms. The van der Waals surface area contributed by atoms with Gasteiger partial charge >= 0.3 is 0 Å². The molecular weight excluding hydrogens is 224 g/mol. The minimum atomic E-state index is 0.0839. The summed E-state index contributed by atoms with van der Waals surface area (Å²) in [5.74, 6) is 0.473. The van der Waals surface area contributed by atoms with E-state index in [1.807, 2.05) is 26.0 Å². The highest BCUT2D eigenvalue weighted by Gasteiger charge is 2.06. The quantitative estimate of drug-likeness (QED) is 0.835. The number of carbonyl (C=O) groups excluding carboxylic acids is 1. The van der Waals surface area contributed by atoms with E-state index >= 15 is 0 Å². The first kappa shape index (κ1) is 14.6. The van der Waals surface area contributed by atoms with Crippen molar-refractivity contribution in [3.8, 4) is 0 Å². The first-order valence-corrected chi connectivity index (χ1v) is 6.71. The SMILES string of the molecule is CCN(CC)c1ccc(NC(=O)CC(C)C)cc1. The van der Waals surface area contributed by atoms with Crippen LogP contribution < -0.4 is 10.2 Å². The summed E-state index contributed by atoms with van der Waals surface area (Å²) in [6, 6.07) is 8.04. The first-order chi connectivity index (χ1) is 8.56. The number of nitrogens with one attached hydrogen (secondary N) is 1. The third kappa shape index (κ3) is 4.40. The smallest absolute Gasteiger partial charge is 0.224 e. The maximum absolute atomic E-state index is 11.6. The van der Waals surface area contributed by atoms with E-state index in [1.165, 1.54) is 5.69 Å². The van der Waals surface area contributed by atoms with Crippen molar-refractivity contribution in [3.63, 3.8) is 0 Å². The second kappa shape index (κ2) is 7.04. The molecule has 3 heteroatoms. The van der Waals surface area contributed by atoms with E-state index in [9.17, 15) is 4.79 Å². The maximum atomic E-state index is 11.6. The van der Waals surface area contributed by atoms with Crippen LogP contribution in [0.5, 0.6) is 0 Å². The van der Waals surface area contributed by atoms with Crippen LogP contribution in [-0.2, 0) is 4.79 Å². The van der Waals surface area contributed by atoms with Gasteiger partial charge in [-0.25, -0.2) is 0 Å². The molecule has 0 aliphatic rings. The Bertz CT molecular complexity index is 367. The van der Waals surface area contributed by atoms with Crippen LogP contribution in [0.2, 0.25) is 0 Å². The molecule has 0 bridgehead atoms. The van der Waals surface area contributed by atoms with Gasteiger partial charge in [-0.3, -0.25) is 4.79 Å². The molecule has 0 fully saturated rings. The van der Waals surface area contributed by atoms with Crippen molar-refractivity contribution in [3.05, 3.63) is 24.3 Å². The fourth-order valence-corrected chi connectivity index (χ4v) is 1.93. The van der Waals surface area contributed by atoms with Gasteiger partial charge in [0.2, 0.25) is 5.91 Å². The molecule has 1 amide bonds. The number of amides is 1. The predicted molar refractivity (Wildman–Crippen MR) is 78.1 cm³/mol. The standard InChI is InChI=1S/C15H24N2O/c1-5-17(6-2)14-9-7-13(8-10-14)16-15(18)11-12(3)4/h7-10,12H,5-6,11H2,1-4H3,(H,16,18). The molecule has 0 aliphatic carbocycles. The number of carbonyl (C=O) groups is 1. The van der Waals surface area contributed by atoms with Crippen LogP contribution in [0.25, 0.3) is 0 Å². The van der Waals surface area contributed by atoms with Crippen LogP contribution in [0.4, 0.5) is 11.4 Å². The lowest BCUT2D eigenvalue weighted by Gasteiger charge is -2.21. The number of anilines is 2. The Balaban J connectivity index is 2.62. The normalized spacial score (nSPS) is 10.5. The molecule has 0 atom stereocenters. The molecule has 3 nitrogen and oxygen atoms in total. The predicted octanol–water partition coefficient (Wildman–Crippen LogP) is 3.52. The topological polar surface area (TPSA) is 32.3 Å². The third-order valence-corrected chi connectivity index (χ3v) is 2.87. The molecule has 1 rings (SSSR count). The first-order valence-electron chi connectivity index (χ1n) is 6.71. The molecule has 1 N–H and O–H groups in total.